The summed E-state index contributed by atoms with van der Waals surface area (Å²) in [6.07, 6.45) is -0.265. The summed E-state index contributed by atoms with van der Waals surface area (Å²) in [4.78, 5) is 13.6. The molecule has 134 valence electrons. The molecule has 0 radical (unpaired) electrons. The third-order valence-corrected chi connectivity index (χ3v) is 3.92. The zero-order chi connectivity index (χ0) is 17.7. The number of hydrogen-bond acceptors (Lipinski definition) is 4. The van der Waals surface area contributed by atoms with Crippen molar-refractivity contribution in [1.82, 2.24) is 4.90 Å². The smallest absolute Gasteiger partial charge is 0.410 e. The number of carbonyl (C=O) groups excluding carboxylic acids is 1. The third-order valence-electron chi connectivity index (χ3n) is 3.92. The lowest BCUT2D eigenvalue weighted by atomic mass is 10.1. The fraction of sp³-hybridized carbons (Fsp3) is 0.632. The first kappa shape index (κ1) is 18.7. The Morgan fingerprint density at radius 3 is 2.38 bits per heavy atom. The van der Waals surface area contributed by atoms with Crippen LogP contribution in [0, 0.1) is 0 Å². The lowest BCUT2D eigenvalue weighted by Gasteiger charge is -2.41. The first-order valence-corrected chi connectivity index (χ1v) is 8.53. The molecular weight excluding hydrogens is 306 g/mol. The number of ether oxygens (including phenoxy) is 3. The molecule has 1 saturated heterocycles. The molecule has 24 heavy (non-hydrogen) atoms. The molecule has 1 unspecified atom stereocenters. The van der Waals surface area contributed by atoms with E-state index in [0.717, 1.165) is 5.56 Å². The van der Waals surface area contributed by atoms with Crippen molar-refractivity contribution in [2.45, 2.75) is 65.1 Å². The number of nitrogens with zero attached hydrogens (tertiary/aromatic N) is 1. The maximum Gasteiger partial charge on any atom is 0.410 e. The highest BCUT2D eigenvalue weighted by atomic mass is 16.6. The molecule has 1 aromatic rings. The van der Waals surface area contributed by atoms with Crippen molar-refractivity contribution in [3.05, 3.63) is 35.9 Å². The van der Waals surface area contributed by atoms with E-state index in [2.05, 4.69) is 0 Å². The first-order chi connectivity index (χ1) is 11.2. The van der Waals surface area contributed by atoms with E-state index in [1.54, 1.807) is 4.90 Å². The van der Waals surface area contributed by atoms with Gasteiger partial charge in [-0.25, -0.2) is 4.79 Å². The molecule has 2 atom stereocenters. The number of benzene rings is 1. The van der Waals surface area contributed by atoms with Crippen LogP contribution in [0.5, 0.6) is 0 Å². The Morgan fingerprint density at radius 2 is 1.79 bits per heavy atom. The summed E-state index contributed by atoms with van der Waals surface area (Å²) < 4.78 is 17.2. The maximum absolute atomic E-state index is 11.9. The highest BCUT2D eigenvalue weighted by Crippen LogP contribution is 2.19. The Morgan fingerprint density at radius 1 is 1.17 bits per heavy atom. The molecule has 1 aliphatic rings. The molecule has 0 N–H and O–H groups in total. The van der Waals surface area contributed by atoms with Crippen molar-refractivity contribution >= 4 is 6.09 Å². The van der Waals surface area contributed by atoms with Gasteiger partial charge in [-0.3, -0.25) is 0 Å². The molecule has 2 rings (SSSR count). The van der Waals surface area contributed by atoms with Gasteiger partial charge in [-0.15, -0.1) is 0 Å². The van der Waals surface area contributed by atoms with Crippen LogP contribution in [0.3, 0.4) is 0 Å². The monoisotopic (exact) mass is 335 g/mol. The predicted molar refractivity (Wildman–Crippen MR) is 92.8 cm³/mol. The maximum atomic E-state index is 11.9. The van der Waals surface area contributed by atoms with Crippen molar-refractivity contribution in [3.8, 4) is 0 Å². The fourth-order valence-corrected chi connectivity index (χ4v) is 2.35. The van der Waals surface area contributed by atoms with Crippen molar-refractivity contribution in [2.75, 3.05) is 13.1 Å². The minimum absolute atomic E-state index is 0.0132. The summed E-state index contributed by atoms with van der Waals surface area (Å²) in [6, 6.07) is 10.1. The van der Waals surface area contributed by atoms with E-state index >= 15 is 0 Å². The Labute approximate surface area is 144 Å². The van der Waals surface area contributed by atoms with Gasteiger partial charge in [0, 0.05) is 0 Å². The minimum Gasteiger partial charge on any atom is -0.444 e. The predicted octanol–water partition coefficient (Wildman–Crippen LogP) is 3.62. The Hall–Kier alpha value is -1.59. The van der Waals surface area contributed by atoms with E-state index in [1.165, 1.54) is 0 Å². The number of amides is 1. The molecule has 1 amide bonds. The number of carbonyl (C=O) groups is 1. The summed E-state index contributed by atoms with van der Waals surface area (Å²) in [5.74, 6) is 0. The molecule has 0 aromatic heterocycles. The minimum atomic E-state index is -0.462. The van der Waals surface area contributed by atoms with E-state index in [1.807, 2.05) is 65.0 Å². The van der Waals surface area contributed by atoms with E-state index in [0.29, 0.717) is 19.7 Å². The second-order valence-electron chi connectivity index (χ2n) is 7.35. The second-order valence-corrected chi connectivity index (χ2v) is 7.35. The van der Waals surface area contributed by atoms with Crippen molar-refractivity contribution in [2.24, 2.45) is 0 Å². The summed E-state index contributed by atoms with van der Waals surface area (Å²) >= 11 is 0. The second kappa shape index (κ2) is 7.99. The van der Waals surface area contributed by atoms with Crippen LogP contribution in [0.2, 0.25) is 0 Å². The van der Waals surface area contributed by atoms with E-state index < -0.39 is 5.60 Å². The quantitative estimate of drug-likeness (QED) is 0.797. The molecule has 0 bridgehead atoms. The Balaban J connectivity index is 1.66. The van der Waals surface area contributed by atoms with E-state index in [9.17, 15) is 4.79 Å². The number of likely N-dealkylation sites (tertiary alicyclic amines) is 1. The van der Waals surface area contributed by atoms with E-state index in [4.69, 9.17) is 14.2 Å². The topological polar surface area (TPSA) is 48.0 Å². The Bertz CT molecular complexity index is 520. The van der Waals surface area contributed by atoms with Gasteiger partial charge < -0.3 is 19.1 Å². The standard InChI is InChI=1S/C19H29NO4/c1-14(22-13-16-9-7-6-8-10-16)15(2)23-17-11-20(12-17)18(21)24-19(3,4)5/h6-10,14-15,17H,11-13H2,1-5H3/t14-,15?/m0/s1. The summed E-state index contributed by atoms with van der Waals surface area (Å²) in [5.41, 5.74) is 0.687. The highest BCUT2D eigenvalue weighted by molar-refractivity contribution is 5.69. The SMILES string of the molecule is CC(OC1CN(C(=O)OC(C)(C)C)C1)[C@H](C)OCc1ccccc1. The first-order valence-electron chi connectivity index (χ1n) is 8.53. The molecule has 0 spiro atoms. The molecule has 1 fully saturated rings. The van der Waals surface area contributed by atoms with Gasteiger partial charge in [-0.1, -0.05) is 30.3 Å². The summed E-state index contributed by atoms with van der Waals surface area (Å²) in [6.45, 7) is 11.3. The molecular formula is C19H29NO4. The third kappa shape index (κ3) is 5.80. The van der Waals surface area contributed by atoms with Crippen LogP contribution < -0.4 is 0 Å². The van der Waals surface area contributed by atoms with Crippen molar-refractivity contribution in [3.63, 3.8) is 0 Å². The molecule has 5 nitrogen and oxygen atoms in total. The van der Waals surface area contributed by atoms with Gasteiger partial charge in [0.05, 0.1) is 38.0 Å². The Kier molecular flexibility index (Phi) is 6.24. The van der Waals surface area contributed by atoms with Gasteiger partial charge in [-0.05, 0) is 40.2 Å². The lowest BCUT2D eigenvalue weighted by Crippen LogP contribution is -2.57. The van der Waals surface area contributed by atoms with Gasteiger partial charge in [0.2, 0.25) is 0 Å². The van der Waals surface area contributed by atoms with Crippen LogP contribution in [0.25, 0.3) is 0 Å². The van der Waals surface area contributed by atoms with E-state index in [-0.39, 0.29) is 24.4 Å². The zero-order valence-electron chi connectivity index (χ0n) is 15.3. The zero-order valence-corrected chi connectivity index (χ0v) is 15.3. The average molecular weight is 335 g/mol. The lowest BCUT2D eigenvalue weighted by molar-refractivity contribution is -0.131. The van der Waals surface area contributed by atoms with Gasteiger partial charge in [0.15, 0.2) is 0 Å². The molecule has 1 heterocycles. The highest BCUT2D eigenvalue weighted by Gasteiger charge is 2.35. The molecule has 1 aliphatic heterocycles. The molecule has 0 saturated carbocycles. The van der Waals surface area contributed by atoms with Gasteiger partial charge >= 0.3 is 6.09 Å². The summed E-state index contributed by atoms with van der Waals surface area (Å²) in [5, 5.41) is 0. The number of rotatable bonds is 6. The van der Waals surface area contributed by atoms with Gasteiger partial charge in [-0.2, -0.15) is 0 Å². The van der Waals surface area contributed by atoms with Crippen LogP contribution in [-0.4, -0.2) is 48.0 Å². The number of hydrogen-bond donors (Lipinski definition) is 0. The van der Waals surface area contributed by atoms with Gasteiger partial charge in [0.1, 0.15) is 5.60 Å². The molecule has 0 aliphatic carbocycles. The largest absolute Gasteiger partial charge is 0.444 e. The van der Waals surface area contributed by atoms with Crippen LogP contribution in [0.15, 0.2) is 30.3 Å². The fourth-order valence-electron chi connectivity index (χ4n) is 2.35. The molecule has 1 aromatic carbocycles. The van der Waals surface area contributed by atoms with Crippen LogP contribution in [0.4, 0.5) is 4.79 Å². The van der Waals surface area contributed by atoms with Crippen LogP contribution in [-0.2, 0) is 20.8 Å². The van der Waals surface area contributed by atoms with Crippen molar-refractivity contribution < 1.29 is 19.0 Å². The molecule has 5 heteroatoms. The summed E-state index contributed by atoms with van der Waals surface area (Å²) in [7, 11) is 0. The van der Waals surface area contributed by atoms with Crippen molar-refractivity contribution in [1.29, 1.82) is 0 Å². The van der Waals surface area contributed by atoms with Crippen LogP contribution in [0.1, 0.15) is 40.2 Å². The van der Waals surface area contributed by atoms with Gasteiger partial charge in [0.25, 0.3) is 0 Å². The normalized spacial score (nSPS) is 18.0. The van der Waals surface area contributed by atoms with Crippen LogP contribution >= 0.6 is 0 Å². The average Bonchev–Trinajstić information content (AvgIpc) is 2.46.